The van der Waals surface area contributed by atoms with E-state index in [-0.39, 0.29) is 5.60 Å². The maximum absolute atomic E-state index is 6.08. The molecule has 0 spiro atoms. The summed E-state index contributed by atoms with van der Waals surface area (Å²) in [5.74, 6) is 2.38. The average molecular weight is 293 g/mol. The predicted molar refractivity (Wildman–Crippen MR) is 79.8 cm³/mol. The molecular weight excluding hydrogens is 266 g/mol. The normalized spacial score (nSPS) is 28.9. The van der Waals surface area contributed by atoms with E-state index in [1.54, 1.807) is 0 Å². The molecule has 2 unspecified atom stereocenters. The van der Waals surface area contributed by atoms with Crippen molar-refractivity contribution in [1.29, 1.82) is 0 Å². The van der Waals surface area contributed by atoms with Crippen LogP contribution in [0.3, 0.4) is 0 Å². The second kappa shape index (κ2) is 6.44. The fourth-order valence-corrected chi connectivity index (χ4v) is 4.05. The summed E-state index contributed by atoms with van der Waals surface area (Å²) in [4.78, 5) is 4.75. The number of aromatic nitrogens is 2. The molecule has 0 aromatic carbocycles. The van der Waals surface area contributed by atoms with Gasteiger partial charge in [-0.05, 0) is 45.1 Å². The third-order valence-corrected chi connectivity index (χ3v) is 5.21. The Balaban J connectivity index is 1.82. The Morgan fingerprint density at radius 1 is 1.24 bits per heavy atom. The van der Waals surface area contributed by atoms with Crippen molar-refractivity contribution >= 4 is 0 Å². The number of nitrogens with two attached hydrogens (primary N) is 1. The Kier molecular flexibility index (Phi) is 4.60. The first-order valence-electron chi connectivity index (χ1n) is 8.47. The van der Waals surface area contributed by atoms with Crippen molar-refractivity contribution < 1.29 is 9.26 Å². The van der Waals surface area contributed by atoms with Crippen LogP contribution < -0.4 is 5.73 Å². The van der Waals surface area contributed by atoms with Crippen LogP contribution in [-0.4, -0.2) is 23.3 Å². The SMILES string of the molecule is CCOC1(c2noc(C3CCCC3CN)n2)CCCCC1. The molecule has 2 aliphatic rings. The molecule has 1 aromatic rings. The van der Waals surface area contributed by atoms with Gasteiger partial charge in [0, 0.05) is 12.5 Å². The molecule has 5 nitrogen and oxygen atoms in total. The van der Waals surface area contributed by atoms with Crippen molar-refractivity contribution in [2.45, 2.75) is 69.8 Å². The van der Waals surface area contributed by atoms with Gasteiger partial charge in [-0.25, -0.2) is 0 Å². The lowest BCUT2D eigenvalue weighted by Crippen LogP contribution is -2.33. The maximum atomic E-state index is 6.08. The van der Waals surface area contributed by atoms with Crippen molar-refractivity contribution in [3.05, 3.63) is 11.7 Å². The van der Waals surface area contributed by atoms with E-state index in [1.807, 2.05) is 6.92 Å². The van der Waals surface area contributed by atoms with E-state index in [0.717, 1.165) is 31.0 Å². The van der Waals surface area contributed by atoms with Gasteiger partial charge in [-0.2, -0.15) is 4.98 Å². The lowest BCUT2D eigenvalue weighted by Gasteiger charge is -2.33. The molecule has 2 atom stereocenters. The molecular formula is C16H27N3O2. The Hall–Kier alpha value is -0.940. The lowest BCUT2D eigenvalue weighted by molar-refractivity contribution is -0.0777. The van der Waals surface area contributed by atoms with E-state index in [4.69, 9.17) is 20.0 Å². The quantitative estimate of drug-likeness (QED) is 0.903. The summed E-state index contributed by atoms with van der Waals surface area (Å²) in [7, 11) is 0. The van der Waals surface area contributed by atoms with E-state index < -0.39 is 0 Å². The molecule has 2 aliphatic carbocycles. The number of ether oxygens (including phenoxy) is 1. The topological polar surface area (TPSA) is 74.2 Å². The van der Waals surface area contributed by atoms with Crippen LogP contribution in [0.1, 0.15) is 75.9 Å². The molecule has 2 saturated carbocycles. The van der Waals surface area contributed by atoms with Crippen LogP contribution in [0.5, 0.6) is 0 Å². The van der Waals surface area contributed by atoms with Gasteiger partial charge in [0.15, 0.2) is 0 Å². The smallest absolute Gasteiger partial charge is 0.230 e. The van der Waals surface area contributed by atoms with Crippen molar-refractivity contribution in [2.24, 2.45) is 11.7 Å². The van der Waals surface area contributed by atoms with Gasteiger partial charge >= 0.3 is 0 Å². The van der Waals surface area contributed by atoms with E-state index in [2.05, 4.69) is 5.16 Å². The summed E-state index contributed by atoms with van der Waals surface area (Å²) in [6.45, 7) is 3.44. The zero-order valence-electron chi connectivity index (χ0n) is 13.0. The van der Waals surface area contributed by atoms with Crippen LogP contribution in [0.25, 0.3) is 0 Å². The second-order valence-electron chi connectivity index (χ2n) is 6.48. The Morgan fingerprint density at radius 3 is 2.76 bits per heavy atom. The van der Waals surface area contributed by atoms with Crippen LogP contribution in [0.15, 0.2) is 4.52 Å². The summed E-state index contributed by atoms with van der Waals surface area (Å²) >= 11 is 0. The Bertz CT molecular complexity index is 449. The molecule has 1 heterocycles. The van der Waals surface area contributed by atoms with E-state index in [1.165, 1.54) is 32.1 Å². The molecule has 2 fully saturated rings. The minimum Gasteiger partial charge on any atom is -0.367 e. The van der Waals surface area contributed by atoms with Gasteiger partial charge in [0.25, 0.3) is 0 Å². The summed E-state index contributed by atoms with van der Waals surface area (Å²) in [5, 5.41) is 4.29. The van der Waals surface area contributed by atoms with Crippen molar-refractivity contribution in [2.75, 3.05) is 13.2 Å². The monoisotopic (exact) mass is 293 g/mol. The van der Waals surface area contributed by atoms with Gasteiger partial charge in [0.1, 0.15) is 5.60 Å². The van der Waals surface area contributed by atoms with Gasteiger partial charge in [0.05, 0.1) is 0 Å². The molecule has 21 heavy (non-hydrogen) atoms. The summed E-state index contributed by atoms with van der Waals surface area (Å²) in [6.07, 6.45) is 9.14. The molecule has 1 aromatic heterocycles. The molecule has 0 radical (unpaired) electrons. The molecule has 0 bridgehead atoms. The van der Waals surface area contributed by atoms with E-state index in [9.17, 15) is 0 Å². The zero-order valence-corrected chi connectivity index (χ0v) is 13.0. The summed E-state index contributed by atoms with van der Waals surface area (Å²) in [5.41, 5.74) is 5.56. The second-order valence-corrected chi connectivity index (χ2v) is 6.48. The summed E-state index contributed by atoms with van der Waals surface area (Å²) < 4.78 is 11.7. The van der Waals surface area contributed by atoms with Crippen molar-refractivity contribution in [1.82, 2.24) is 10.1 Å². The molecule has 118 valence electrons. The lowest BCUT2D eigenvalue weighted by atomic mass is 9.84. The molecule has 0 aliphatic heterocycles. The highest BCUT2D eigenvalue weighted by Gasteiger charge is 2.40. The van der Waals surface area contributed by atoms with E-state index >= 15 is 0 Å². The minimum atomic E-state index is -0.314. The summed E-state index contributed by atoms with van der Waals surface area (Å²) in [6, 6.07) is 0. The standard InChI is InChI=1S/C16H27N3O2/c1-2-20-16(9-4-3-5-10-16)15-18-14(21-19-15)13-8-6-7-12(13)11-17/h12-13H,2-11,17H2,1H3. The third-order valence-electron chi connectivity index (χ3n) is 5.21. The fraction of sp³-hybridized carbons (Fsp3) is 0.875. The fourth-order valence-electron chi connectivity index (χ4n) is 4.05. The Morgan fingerprint density at radius 2 is 2.05 bits per heavy atom. The van der Waals surface area contributed by atoms with Crippen LogP contribution >= 0.6 is 0 Å². The highest BCUT2D eigenvalue weighted by Crippen LogP contribution is 2.42. The number of nitrogens with zero attached hydrogens (tertiary/aromatic N) is 2. The first-order valence-corrected chi connectivity index (χ1v) is 8.47. The van der Waals surface area contributed by atoms with Gasteiger partial charge in [-0.3, -0.25) is 0 Å². The number of hydrogen-bond donors (Lipinski definition) is 1. The largest absolute Gasteiger partial charge is 0.367 e. The van der Waals surface area contributed by atoms with Crippen LogP contribution in [-0.2, 0) is 10.3 Å². The highest BCUT2D eigenvalue weighted by molar-refractivity contribution is 5.07. The average Bonchev–Trinajstić information content (AvgIpc) is 3.17. The van der Waals surface area contributed by atoms with Gasteiger partial charge in [-0.15, -0.1) is 0 Å². The first kappa shape index (κ1) is 15.0. The Labute approximate surface area is 126 Å². The molecule has 5 heteroatoms. The predicted octanol–water partition coefficient (Wildman–Crippen LogP) is 3.11. The first-order chi connectivity index (χ1) is 10.3. The van der Waals surface area contributed by atoms with Crippen LogP contribution in [0.2, 0.25) is 0 Å². The molecule has 0 saturated heterocycles. The highest BCUT2D eigenvalue weighted by atomic mass is 16.5. The van der Waals surface area contributed by atoms with Crippen molar-refractivity contribution in [3.8, 4) is 0 Å². The maximum Gasteiger partial charge on any atom is 0.230 e. The number of hydrogen-bond acceptors (Lipinski definition) is 5. The molecule has 0 amide bonds. The zero-order chi connectivity index (χ0) is 14.7. The molecule has 3 rings (SSSR count). The number of rotatable bonds is 5. The van der Waals surface area contributed by atoms with Crippen LogP contribution in [0, 0.1) is 5.92 Å². The van der Waals surface area contributed by atoms with Gasteiger partial charge in [-0.1, -0.05) is 30.8 Å². The van der Waals surface area contributed by atoms with Crippen molar-refractivity contribution in [3.63, 3.8) is 0 Å². The van der Waals surface area contributed by atoms with Crippen LogP contribution in [0.4, 0.5) is 0 Å². The van der Waals surface area contributed by atoms with Gasteiger partial charge in [0.2, 0.25) is 11.7 Å². The van der Waals surface area contributed by atoms with Gasteiger partial charge < -0.3 is 15.0 Å². The minimum absolute atomic E-state index is 0.314. The third kappa shape index (κ3) is 2.86. The molecule has 2 N–H and O–H groups in total. The van der Waals surface area contributed by atoms with E-state index in [0.29, 0.717) is 25.0 Å².